The summed E-state index contributed by atoms with van der Waals surface area (Å²) < 4.78 is 1.10. The van der Waals surface area contributed by atoms with Gasteiger partial charge in [0, 0.05) is 0 Å². The zero-order valence-corrected chi connectivity index (χ0v) is 16.3. The van der Waals surface area contributed by atoms with Crippen molar-refractivity contribution in [2.45, 2.75) is 45.4 Å². The van der Waals surface area contributed by atoms with E-state index in [1.54, 1.807) is 4.90 Å². The molecular weight excluding hydrogens is 353 g/mol. The quantitative estimate of drug-likeness (QED) is 0.375. The predicted octanol–water partition coefficient (Wildman–Crippen LogP) is 2.99. The van der Waals surface area contributed by atoms with Crippen molar-refractivity contribution in [3.8, 4) is 0 Å². The van der Waals surface area contributed by atoms with Gasteiger partial charge in [0.15, 0.2) is 0 Å². The normalized spacial score (nSPS) is 11.7. The van der Waals surface area contributed by atoms with Gasteiger partial charge in [-0.3, -0.25) is 0 Å². The van der Waals surface area contributed by atoms with Crippen molar-refractivity contribution in [1.29, 1.82) is 0 Å². The van der Waals surface area contributed by atoms with Crippen molar-refractivity contribution in [2.24, 2.45) is 0 Å². The molecule has 1 aromatic rings. The van der Waals surface area contributed by atoms with Crippen LogP contribution < -0.4 is 4.46 Å². The molecule has 126 valence electrons. The number of nitrogens with zero attached hydrogens (tertiary/aromatic N) is 1. The first kappa shape index (κ1) is 19.7. The van der Waals surface area contributed by atoms with Gasteiger partial charge < -0.3 is 0 Å². The Balaban J connectivity index is 2.89. The van der Waals surface area contributed by atoms with Gasteiger partial charge >= 0.3 is 146 Å². The van der Waals surface area contributed by atoms with Crippen molar-refractivity contribution in [3.63, 3.8) is 0 Å². The zero-order chi connectivity index (χ0) is 17.2. The summed E-state index contributed by atoms with van der Waals surface area (Å²) in [6, 6.07) is 9.89. The minimum absolute atomic E-state index is 0.0129. The van der Waals surface area contributed by atoms with E-state index in [9.17, 15) is 9.59 Å². The number of benzene rings is 1. The van der Waals surface area contributed by atoms with E-state index in [4.69, 9.17) is 0 Å². The Morgan fingerprint density at radius 3 is 2.26 bits per heavy atom. The molecule has 1 unspecified atom stereocenters. The molecular formula is C19H27NO2Se. The molecule has 0 aliphatic carbocycles. The molecule has 1 rings (SSSR count). The van der Waals surface area contributed by atoms with Gasteiger partial charge in [-0.1, -0.05) is 0 Å². The van der Waals surface area contributed by atoms with E-state index in [1.165, 1.54) is 5.57 Å². The topological polar surface area (TPSA) is 37.4 Å². The Labute approximate surface area is 146 Å². The zero-order valence-electron chi connectivity index (χ0n) is 14.5. The van der Waals surface area contributed by atoms with E-state index in [0.29, 0.717) is 25.9 Å². The van der Waals surface area contributed by atoms with E-state index in [-0.39, 0.29) is 26.6 Å². The van der Waals surface area contributed by atoms with Gasteiger partial charge in [-0.05, 0) is 0 Å². The van der Waals surface area contributed by atoms with Crippen LogP contribution >= 0.6 is 0 Å². The molecule has 0 aromatic heterocycles. The van der Waals surface area contributed by atoms with Crippen molar-refractivity contribution >= 4 is 31.1 Å². The Bertz CT molecular complexity index is 532. The molecule has 0 aliphatic heterocycles. The van der Waals surface area contributed by atoms with Gasteiger partial charge in [0.2, 0.25) is 0 Å². The average Bonchev–Trinajstić information content (AvgIpc) is 2.54. The van der Waals surface area contributed by atoms with Gasteiger partial charge in [0.25, 0.3) is 0 Å². The molecule has 4 heteroatoms. The summed E-state index contributed by atoms with van der Waals surface area (Å²) in [6.45, 7) is 9.27. The molecule has 0 saturated carbocycles. The fourth-order valence-electron chi connectivity index (χ4n) is 2.22. The van der Waals surface area contributed by atoms with Gasteiger partial charge in [0.1, 0.15) is 0 Å². The standard InChI is InChI=1S/C19H27NO2Se/c1-5-20(6-2)19(22)18(17(21)14-10-11-15(3)4)23-16-12-8-7-9-13-16/h7-9,11-13,18H,5-6,10,14H2,1-4H3. The average molecular weight is 380 g/mol. The van der Waals surface area contributed by atoms with Crippen LogP contribution in [0.2, 0.25) is 4.82 Å². The Morgan fingerprint density at radius 1 is 1.13 bits per heavy atom. The molecule has 3 nitrogen and oxygen atoms in total. The van der Waals surface area contributed by atoms with Gasteiger partial charge in [0.05, 0.1) is 0 Å². The number of hydrogen-bond donors (Lipinski definition) is 0. The molecule has 0 radical (unpaired) electrons. The first-order valence-electron chi connectivity index (χ1n) is 8.16. The summed E-state index contributed by atoms with van der Waals surface area (Å²) in [6.07, 6.45) is 3.22. The molecule has 1 aromatic carbocycles. The minimum atomic E-state index is -0.504. The second-order valence-corrected chi connectivity index (χ2v) is 8.08. The van der Waals surface area contributed by atoms with Crippen molar-refractivity contribution in [2.75, 3.05) is 13.1 Å². The predicted molar refractivity (Wildman–Crippen MR) is 97.2 cm³/mol. The molecule has 0 aliphatic rings. The van der Waals surface area contributed by atoms with Crippen LogP contribution in [0.15, 0.2) is 42.0 Å². The number of carbonyl (C=O) groups is 2. The SMILES string of the molecule is CCN(CC)C(=O)C([Se]c1ccccc1)C(=O)CCC=C(C)C. The fraction of sp³-hybridized carbons (Fsp3) is 0.474. The second kappa shape index (κ2) is 10.4. The monoisotopic (exact) mass is 381 g/mol. The van der Waals surface area contributed by atoms with E-state index < -0.39 is 4.82 Å². The maximum absolute atomic E-state index is 12.8. The Morgan fingerprint density at radius 2 is 1.74 bits per heavy atom. The van der Waals surface area contributed by atoms with E-state index >= 15 is 0 Å². The van der Waals surface area contributed by atoms with E-state index in [2.05, 4.69) is 6.08 Å². The molecule has 23 heavy (non-hydrogen) atoms. The number of hydrogen-bond acceptors (Lipinski definition) is 2. The van der Waals surface area contributed by atoms with Crippen molar-refractivity contribution < 1.29 is 9.59 Å². The van der Waals surface area contributed by atoms with Crippen LogP contribution in [-0.2, 0) is 9.59 Å². The third-order valence-corrected chi connectivity index (χ3v) is 6.14. The summed E-state index contributed by atoms with van der Waals surface area (Å²) in [5.41, 5.74) is 1.21. The van der Waals surface area contributed by atoms with Gasteiger partial charge in [-0.2, -0.15) is 0 Å². The third-order valence-electron chi connectivity index (χ3n) is 3.53. The van der Waals surface area contributed by atoms with Crippen LogP contribution in [-0.4, -0.2) is 44.6 Å². The first-order chi connectivity index (χ1) is 11.0. The van der Waals surface area contributed by atoms with E-state index in [0.717, 1.165) is 4.46 Å². The van der Waals surface area contributed by atoms with Gasteiger partial charge in [-0.25, -0.2) is 0 Å². The maximum atomic E-state index is 12.8. The van der Waals surface area contributed by atoms with Gasteiger partial charge in [-0.15, -0.1) is 0 Å². The summed E-state index contributed by atoms with van der Waals surface area (Å²) in [5, 5.41) is 0. The second-order valence-electron chi connectivity index (χ2n) is 5.61. The summed E-state index contributed by atoms with van der Waals surface area (Å²) in [7, 11) is 0. The molecule has 0 saturated heterocycles. The number of amides is 1. The molecule has 0 N–H and O–H groups in total. The molecule has 0 heterocycles. The van der Waals surface area contributed by atoms with Crippen LogP contribution in [0, 0.1) is 0 Å². The first-order valence-corrected chi connectivity index (χ1v) is 10.0. The van der Waals surface area contributed by atoms with Crippen LogP contribution in [0.25, 0.3) is 0 Å². The molecule has 0 fully saturated rings. The number of Topliss-reactive ketones (excluding diaryl/α,β-unsaturated/α-hetero) is 1. The number of rotatable bonds is 9. The molecule has 0 bridgehead atoms. The van der Waals surface area contributed by atoms with Crippen LogP contribution in [0.5, 0.6) is 0 Å². The molecule has 0 spiro atoms. The van der Waals surface area contributed by atoms with Crippen molar-refractivity contribution in [1.82, 2.24) is 4.90 Å². The van der Waals surface area contributed by atoms with Crippen LogP contribution in [0.4, 0.5) is 0 Å². The molecule has 1 amide bonds. The summed E-state index contributed by atoms with van der Waals surface area (Å²) in [4.78, 5) is 26.7. The van der Waals surface area contributed by atoms with Crippen molar-refractivity contribution in [3.05, 3.63) is 42.0 Å². The van der Waals surface area contributed by atoms with Crippen LogP contribution in [0.3, 0.4) is 0 Å². The van der Waals surface area contributed by atoms with Crippen LogP contribution in [0.1, 0.15) is 40.5 Å². The summed E-state index contributed by atoms with van der Waals surface area (Å²) in [5.74, 6) is 0.0595. The number of ketones is 1. The Hall–Kier alpha value is -1.38. The van der Waals surface area contributed by atoms with E-state index in [1.807, 2.05) is 58.0 Å². The fourth-order valence-corrected chi connectivity index (χ4v) is 4.50. The number of allylic oxidation sites excluding steroid dienone is 2. The third kappa shape index (κ3) is 6.72. The Kier molecular flexibility index (Phi) is 8.90. The molecule has 1 atom stereocenters. The summed E-state index contributed by atoms with van der Waals surface area (Å²) >= 11 is -0.164. The number of carbonyl (C=O) groups excluding carboxylic acids is 2.